The lowest BCUT2D eigenvalue weighted by molar-refractivity contribution is -0.0163. The minimum absolute atomic E-state index is 0.226. The number of likely N-dealkylation sites (N-methyl/N-ethyl adjacent to an activating group) is 1. The Morgan fingerprint density at radius 2 is 2.33 bits per heavy atom. The largest absolute Gasteiger partial charge is 0.374 e. The van der Waals surface area contributed by atoms with Gasteiger partial charge in [-0.05, 0) is 19.2 Å². The van der Waals surface area contributed by atoms with Gasteiger partial charge in [0.2, 0.25) is 0 Å². The number of rotatable bonds is 4. The third-order valence-electron chi connectivity index (χ3n) is 3.85. The number of nitrogens with zero attached hydrogens (tertiary/aromatic N) is 4. The second-order valence-corrected chi connectivity index (χ2v) is 5.65. The summed E-state index contributed by atoms with van der Waals surface area (Å²) >= 11 is 0. The summed E-state index contributed by atoms with van der Waals surface area (Å²) in [6, 6.07) is 4.19. The average molecular weight is 293 g/mol. The van der Waals surface area contributed by atoms with E-state index in [-0.39, 0.29) is 6.10 Å². The molecule has 0 saturated carbocycles. The number of morpholine rings is 1. The number of hydrogen-bond donors (Lipinski definition) is 1. The van der Waals surface area contributed by atoms with Crippen molar-refractivity contribution < 1.29 is 4.74 Å². The van der Waals surface area contributed by atoms with Crippen molar-refractivity contribution in [3.05, 3.63) is 24.0 Å². The van der Waals surface area contributed by atoms with E-state index in [9.17, 15) is 0 Å². The smallest absolute Gasteiger partial charge is 0.193 e. The Labute approximate surface area is 127 Å². The van der Waals surface area contributed by atoms with Crippen LogP contribution in [-0.2, 0) is 18.3 Å². The standard InChI is InChI=1S/C15H27N5O/c1-16-15(17-10-14-12-18(2)8-9-21-14)20(4)11-13-6-5-7-19(13)3/h5-7,14H,8-12H2,1-4H3,(H,16,17). The Balaban J connectivity index is 1.83. The molecule has 2 rings (SSSR count). The molecule has 2 heterocycles. The molecule has 0 radical (unpaired) electrons. The minimum Gasteiger partial charge on any atom is -0.374 e. The summed E-state index contributed by atoms with van der Waals surface area (Å²) in [6.45, 7) is 4.40. The van der Waals surface area contributed by atoms with Crippen LogP contribution in [0.3, 0.4) is 0 Å². The summed E-state index contributed by atoms with van der Waals surface area (Å²) in [5.74, 6) is 0.896. The quantitative estimate of drug-likeness (QED) is 0.643. The van der Waals surface area contributed by atoms with Gasteiger partial charge in [0.15, 0.2) is 5.96 Å². The zero-order valence-corrected chi connectivity index (χ0v) is 13.5. The summed E-state index contributed by atoms with van der Waals surface area (Å²) in [5, 5.41) is 3.41. The molecule has 6 nitrogen and oxygen atoms in total. The van der Waals surface area contributed by atoms with Gasteiger partial charge in [0.05, 0.1) is 19.3 Å². The third-order valence-corrected chi connectivity index (χ3v) is 3.85. The lowest BCUT2D eigenvalue weighted by Gasteiger charge is -2.31. The average Bonchev–Trinajstić information content (AvgIpc) is 2.85. The molecule has 1 N–H and O–H groups in total. The van der Waals surface area contributed by atoms with Crippen molar-refractivity contribution >= 4 is 5.96 Å². The molecule has 1 aliphatic rings. The van der Waals surface area contributed by atoms with E-state index in [1.54, 1.807) is 0 Å². The summed E-state index contributed by atoms with van der Waals surface area (Å²) < 4.78 is 7.89. The summed E-state index contributed by atoms with van der Waals surface area (Å²) in [4.78, 5) is 8.78. The molecule has 1 aromatic rings. The van der Waals surface area contributed by atoms with Crippen LogP contribution in [0.15, 0.2) is 23.3 Å². The summed E-state index contributed by atoms with van der Waals surface area (Å²) in [6.07, 6.45) is 2.29. The lowest BCUT2D eigenvalue weighted by Crippen LogP contribution is -2.48. The van der Waals surface area contributed by atoms with Gasteiger partial charge in [-0.25, -0.2) is 0 Å². The van der Waals surface area contributed by atoms with Crippen LogP contribution in [0.4, 0.5) is 0 Å². The molecule has 0 bridgehead atoms. The van der Waals surface area contributed by atoms with Crippen molar-refractivity contribution in [3.8, 4) is 0 Å². The van der Waals surface area contributed by atoms with Gasteiger partial charge in [0.1, 0.15) is 0 Å². The molecule has 0 aromatic carbocycles. The number of aryl methyl sites for hydroxylation is 1. The van der Waals surface area contributed by atoms with E-state index in [2.05, 4.69) is 64.1 Å². The highest BCUT2D eigenvalue weighted by Gasteiger charge is 2.18. The number of nitrogens with one attached hydrogen (secondary N) is 1. The van der Waals surface area contributed by atoms with E-state index in [1.807, 2.05) is 7.05 Å². The maximum absolute atomic E-state index is 5.77. The van der Waals surface area contributed by atoms with E-state index < -0.39 is 0 Å². The van der Waals surface area contributed by atoms with Gasteiger partial charge >= 0.3 is 0 Å². The molecule has 0 amide bonds. The second kappa shape index (κ2) is 7.47. The van der Waals surface area contributed by atoms with Crippen LogP contribution in [0.1, 0.15) is 5.69 Å². The van der Waals surface area contributed by atoms with Crippen LogP contribution in [0, 0.1) is 0 Å². The first-order chi connectivity index (χ1) is 10.1. The highest BCUT2D eigenvalue weighted by Crippen LogP contribution is 2.05. The number of ether oxygens (including phenoxy) is 1. The Morgan fingerprint density at radius 1 is 1.52 bits per heavy atom. The molecule has 1 fully saturated rings. The fraction of sp³-hybridized carbons (Fsp3) is 0.667. The van der Waals surface area contributed by atoms with Gasteiger partial charge < -0.3 is 24.4 Å². The van der Waals surface area contributed by atoms with Crippen molar-refractivity contribution in [2.24, 2.45) is 12.0 Å². The van der Waals surface area contributed by atoms with Gasteiger partial charge in [-0.1, -0.05) is 0 Å². The summed E-state index contributed by atoms with van der Waals surface area (Å²) in [7, 11) is 8.06. The van der Waals surface area contributed by atoms with Crippen molar-refractivity contribution in [2.45, 2.75) is 12.6 Å². The third kappa shape index (κ3) is 4.47. The first kappa shape index (κ1) is 15.9. The number of aliphatic imine (C=N–C) groups is 1. The molecular weight excluding hydrogens is 266 g/mol. The van der Waals surface area contributed by atoms with E-state index in [0.29, 0.717) is 0 Å². The van der Waals surface area contributed by atoms with Crippen LogP contribution in [0.25, 0.3) is 0 Å². The number of hydrogen-bond acceptors (Lipinski definition) is 3. The van der Waals surface area contributed by atoms with Gasteiger partial charge in [-0.2, -0.15) is 0 Å². The molecule has 1 aromatic heterocycles. The van der Waals surface area contributed by atoms with Crippen LogP contribution >= 0.6 is 0 Å². The first-order valence-corrected chi connectivity index (χ1v) is 7.42. The maximum atomic E-state index is 5.77. The van der Waals surface area contributed by atoms with Gasteiger partial charge in [0, 0.05) is 52.7 Å². The van der Waals surface area contributed by atoms with Crippen LogP contribution < -0.4 is 5.32 Å². The molecule has 1 aliphatic heterocycles. The zero-order valence-electron chi connectivity index (χ0n) is 13.5. The number of guanidine groups is 1. The predicted molar refractivity (Wildman–Crippen MR) is 85.5 cm³/mol. The maximum Gasteiger partial charge on any atom is 0.193 e. The molecule has 1 unspecified atom stereocenters. The summed E-state index contributed by atoms with van der Waals surface area (Å²) in [5.41, 5.74) is 1.26. The minimum atomic E-state index is 0.226. The molecule has 0 spiro atoms. The topological polar surface area (TPSA) is 45.0 Å². The Kier molecular flexibility index (Phi) is 5.64. The molecule has 6 heteroatoms. The van der Waals surface area contributed by atoms with Crippen LogP contribution in [0.2, 0.25) is 0 Å². The molecule has 21 heavy (non-hydrogen) atoms. The van der Waals surface area contributed by atoms with Gasteiger partial charge in [-0.15, -0.1) is 0 Å². The molecule has 1 saturated heterocycles. The fourth-order valence-electron chi connectivity index (χ4n) is 2.56. The lowest BCUT2D eigenvalue weighted by atomic mass is 10.3. The van der Waals surface area contributed by atoms with Crippen molar-refractivity contribution in [1.82, 2.24) is 19.7 Å². The van der Waals surface area contributed by atoms with E-state index >= 15 is 0 Å². The van der Waals surface area contributed by atoms with E-state index in [1.165, 1.54) is 5.69 Å². The first-order valence-electron chi connectivity index (χ1n) is 7.42. The highest BCUT2D eigenvalue weighted by molar-refractivity contribution is 5.79. The predicted octanol–water partition coefficient (Wildman–Crippen LogP) is 0.363. The van der Waals surface area contributed by atoms with E-state index in [0.717, 1.165) is 38.7 Å². The Bertz CT molecular complexity index is 470. The van der Waals surface area contributed by atoms with Crippen LogP contribution in [0.5, 0.6) is 0 Å². The fourth-order valence-corrected chi connectivity index (χ4v) is 2.56. The Morgan fingerprint density at radius 3 is 2.95 bits per heavy atom. The SMILES string of the molecule is CN=C(NCC1CN(C)CCO1)N(C)Cc1cccn1C. The van der Waals surface area contributed by atoms with Gasteiger partial charge in [-0.3, -0.25) is 4.99 Å². The highest BCUT2D eigenvalue weighted by atomic mass is 16.5. The van der Waals surface area contributed by atoms with Gasteiger partial charge in [0.25, 0.3) is 0 Å². The molecule has 0 aliphatic carbocycles. The normalized spacial score (nSPS) is 20.6. The second-order valence-electron chi connectivity index (χ2n) is 5.65. The molecule has 1 atom stereocenters. The van der Waals surface area contributed by atoms with Crippen molar-refractivity contribution in [2.75, 3.05) is 47.4 Å². The monoisotopic (exact) mass is 293 g/mol. The molecular formula is C15H27N5O. The Hall–Kier alpha value is -1.53. The van der Waals surface area contributed by atoms with Crippen molar-refractivity contribution in [3.63, 3.8) is 0 Å². The zero-order chi connectivity index (χ0) is 15.2. The van der Waals surface area contributed by atoms with Crippen LogP contribution in [-0.4, -0.2) is 73.8 Å². The number of aromatic nitrogens is 1. The molecule has 118 valence electrons. The van der Waals surface area contributed by atoms with Crippen molar-refractivity contribution in [1.29, 1.82) is 0 Å². The van der Waals surface area contributed by atoms with E-state index in [4.69, 9.17) is 4.74 Å².